The minimum Gasteiger partial charge on any atom is -0.353 e. The average Bonchev–Trinajstić information content (AvgIpc) is 2.77. The Bertz CT molecular complexity index is 349. The third-order valence-electron chi connectivity index (χ3n) is 3.43. The summed E-state index contributed by atoms with van der Waals surface area (Å²) in [5.74, 6) is 1.77. The molecule has 1 aromatic rings. The van der Waals surface area contributed by atoms with Crippen LogP contribution in [0.1, 0.15) is 32.3 Å². The van der Waals surface area contributed by atoms with Crippen molar-refractivity contribution in [3.63, 3.8) is 0 Å². The van der Waals surface area contributed by atoms with E-state index in [0.717, 1.165) is 17.9 Å². The number of pyridine rings is 1. The molecule has 0 saturated carbocycles. The quantitative estimate of drug-likeness (QED) is 0.847. The predicted molar refractivity (Wildman–Crippen MR) is 67.3 cm³/mol. The lowest BCUT2D eigenvalue weighted by Gasteiger charge is -2.30. The molecule has 88 valence electrons. The first-order valence-corrected chi connectivity index (χ1v) is 6.14. The highest BCUT2D eigenvalue weighted by Crippen LogP contribution is 2.30. The third-order valence-corrected chi connectivity index (χ3v) is 3.43. The minimum absolute atomic E-state index is 0.574. The molecule has 1 fully saturated rings. The zero-order chi connectivity index (χ0) is 11.5. The van der Waals surface area contributed by atoms with Gasteiger partial charge in [0.05, 0.1) is 0 Å². The summed E-state index contributed by atoms with van der Waals surface area (Å²) in [5, 5.41) is 0. The number of aromatic nitrogens is 1. The lowest BCUT2D eigenvalue weighted by atomic mass is 10.0. The van der Waals surface area contributed by atoms with Gasteiger partial charge in [-0.15, -0.1) is 0 Å². The van der Waals surface area contributed by atoms with E-state index >= 15 is 0 Å². The van der Waals surface area contributed by atoms with Gasteiger partial charge in [-0.05, 0) is 24.8 Å². The Kier molecular flexibility index (Phi) is 3.44. The van der Waals surface area contributed by atoms with Gasteiger partial charge in [-0.3, -0.25) is 0 Å². The van der Waals surface area contributed by atoms with Crippen molar-refractivity contribution in [2.75, 3.05) is 11.4 Å². The SMILES string of the molecule is CC(C)C1CCCN1c1ncccc1CN. The van der Waals surface area contributed by atoms with Gasteiger partial charge in [0.15, 0.2) is 0 Å². The molecule has 1 atom stereocenters. The Balaban J connectivity index is 2.28. The van der Waals surface area contributed by atoms with Crippen molar-refractivity contribution < 1.29 is 0 Å². The molecule has 2 N–H and O–H groups in total. The van der Waals surface area contributed by atoms with E-state index in [2.05, 4.69) is 29.8 Å². The van der Waals surface area contributed by atoms with Crippen LogP contribution in [0.5, 0.6) is 0 Å². The fraction of sp³-hybridized carbons (Fsp3) is 0.615. The predicted octanol–water partition coefficient (Wildman–Crippen LogP) is 2.17. The summed E-state index contributed by atoms with van der Waals surface area (Å²) in [6.45, 7) is 6.26. The summed E-state index contributed by atoms with van der Waals surface area (Å²) in [6.07, 6.45) is 4.41. The number of nitrogens with two attached hydrogens (primary N) is 1. The van der Waals surface area contributed by atoms with Gasteiger partial charge in [0.25, 0.3) is 0 Å². The lowest BCUT2D eigenvalue weighted by Crippen LogP contribution is -2.34. The summed E-state index contributed by atoms with van der Waals surface area (Å²) in [4.78, 5) is 6.95. The van der Waals surface area contributed by atoms with Gasteiger partial charge in [-0.2, -0.15) is 0 Å². The van der Waals surface area contributed by atoms with Crippen LogP contribution in [0.2, 0.25) is 0 Å². The second kappa shape index (κ2) is 4.83. The van der Waals surface area contributed by atoms with Gasteiger partial charge in [-0.1, -0.05) is 19.9 Å². The summed E-state index contributed by atoms with van der Waals surface area (Å²) in [5.41, 5.74) is 6.94. The molecule has 0 aromatic carbocycles. The molecule has 0 aliphatic carbocycles. The summed E-state index contributed by atoms with van der Waals surface area (Å²) < 4.78 is 0. The fourth-order valence-electron chi connectivity index (χ4n) is 2.60. The number of rotatable bonds is 3. The molecule has 0 radical (unpaired) electrons. The molecular weight excluding hydrogens is 198 g/mol. The normalized spacial score (nSPS) is 20.8. The van der Waals surface area contributed by atoms with Gasteiger partial charge in [0, 0.05) is 30.9 Å². The maximum atomic E-state index is 5.77. The van der Waals surface area contributed by atoms with Crippen LogP contribution in [0.4, 0.5) is 5.82 Å². The van der Waals surface area contributed by atoms with Gasteiger partial charge < -0.3 is 10.6 Å². The first-order valence-electron chi connectivity index (χ1n) is 6.14. The van der Waals surface area contributed by atoms with Crippen LogP contribution in [0.3, 0.4) is 0 Å². The van der Waals surface area contributed by atoms with Crippen molar-refractivity contribution in [3.8, 4) is 0 Å². The zero-order valence-corrected chi connectivity index (χ0v) is 10.2. The van der Waals surface area contributed by atoms with Gasteiger partial charge in [-0.25, -0.2) is 4.98 Å². The molecule has 2 rings (SSSR count). The van der Waals surface area contributed by atoms with Crippen LogP contribution in [-0.4, -0.2) is 17.6 Å². The molecule has 1 unspecified atom stereocenters. The molecule has 16 heavy (non-hydrogen) atoms. The van der Waals surface area contributed by atoms with Crippen LogP contribution >= 0.6 is 0 Å². The van der Waals surface area contributed by atoms with E-state index < -0.39 is 0 Å². The lowest BCUT2D eigenvalue weighted by molar-refractivity contribution is 0.489. The van der Waals surface area contributed by atoms with E-state index in [-0.39, 0.29) is 0 Å². The standard InChI is InChI=1S/C13H21N3/c1-10(2)12-6-4-8-16(12)13-11(9-14)5-3-7-15-13/h3,5,7,10,12H,4,6,8-9,14H2,1-2H3. The number of hydrogen-bond donors (Lipinski definition) is 1. The van der Waals surface area contributed by atoms with Crippen molar-refractivity contribution >= 4 is 5.82 Å². The number of hydrogen-bond acceptors (Lipinski definition) is 3. The summed E-state index contributed by atoms with van der Waals surface area (Å²) in [7, 11) is 0. The van der Waals surface area contributed by atoms with Crippen LogP contribution in [-0.2, 0) is 6.54 Å². The largest absolute Gasteiger partial charge is 0.353 e. The molecule has 0 spiro atoms. The van der Waals surface area contributed by atoms with Crippen molar-refractivity contribution in [2.24, 2.45) is 11.7 Å². The number of anilines is 1. The van der Waals surface area contributed by atoms with E-state index in [1.807, 2.05) is 12.3 Å². The molecule has 1 saturated heterocycles. The Morgan fingerprint density at radius 3 is 3.06 bits per heavy atom. The maximum absolute atomic E-state index is 5.77. The van der Waals surface area contributed by atoms with Gasteiger partial charge in [0.1, 0.15) is 5.82 Å². The molecule has 0 bridgehead atoms. The maximum Gasteiger partial charge on any atom is 0.133 e. The van der Waals surface area contributed by atoms with E-state index in [1.165, 1.54) is 12.8 Å². The van der Waals surface area contributed by atoms with Crippen molar-refractivity contribution in [3.05, 3.63) is 23.9 Å². The summed E-state index contributed by atoms with van der Waals surface area (Å²) in [6, 6.07) is 4.67. The van der Waals surface area contributed by atoms with Crippen LogP contribution in [0.25, 0.3) is 0 Å². The van der Waals surface area contributed by atoms with Gasteiger partial charge in [0.2, 0.25) is 0 Å². The van der Waals surface area contributed by atoms with E-state index in [9.17, 15) is 0 Å². The molecular formula is C13H21N3. The fourth-order valence-corrected chi connectivity index (χ4v) is 2.60. The highest BCUT2D eigenvalue weighted by Gasteiger charge is 2.28. The second-order valence-electron chi connectivity index (χ2n) is 4.84. The van der Waals surface area contributed by atoms with Crippen LogP contribution < -0.4 is 10.6 Å². The van der Waals surface area contributed by atoms with E-state index in [0.29, 0.717) is 18.5 Å². The zero-order valence-electron chi connectivity index (χ0n) is 10.2. The average molecular weight is 219 g/mol. The number of nitrogens with zero attached hydrogens (tertiary/aromatic N) is 2. The van der Waals surface area contributed by atoms with Crippen LogP contribution in [0.15, 0.2) is 18.3 Å². The monoisotopic (exact) mass is 219 g/mol. The molecule has 2 heterocycles. The van der Waals surface area contributed by atoms with E-state index in [4.69, 9.17) is 5.73 Å². The summed E-state index contributed by atoms with van der Waals surface area (Å²) >= 11 is 0. The molecule has 3 heteroatoms. The van der Waals surface area contributed by atoms with Gasteiger partial charge >= 0.3 is 0 Å². The van der Waals surface area contributed by atoms with Crippen molar-refractivity contribution in [1.29, 1.82) is 0 Å². The highest BCUT2D eigenvalue weighted by atomic mass is 15.2. The smallest absolute Gasteiger partial charge is 0.133 e. The van der Waals surface area contributed by atoms with Crippen LogP contribution in [0, 0.1) is 5.92 Å². The highest BCUT2D eigenvalue weighted by molar-refractivity contribution is 5.48. The van der Waals surface area contributed by atoms with E-state index in [1.54, 1.807) is 0 Å². The Labute approximate surface area is 97.7 Å². The Morgan fingerprint density at radius 1 is 1.56 bits per heavy atom. The third kappa shape index (κ3) is 2.05. The molecule has 3 nitrogen and oxygen atoms in total. The molecule has 0 amide bonds. The van der Waals surface area contributed by atoms with Crippen molar-refractivity contribution in [2.45, 2.75) is 39.3 Å². The Morgan fingerprint density at radius 2 is 2.38 bits per heavy atom. The molecule has 1 aliphatic rings. The first kappa shape index (κ1) is 11.4. The minimum atomic E-state index is 0.574. The first-order chi connectivity index (χ1) is 7.74. The Hall–Kier alpha value is -1.09. The molecule has 1 aromatic heterocycles. The van der Waals surface area contributed by atoms with Crippen molar-refractivity contribution in [1.82, 2.24) is 4.98 Å². The second-order valence-corrected chi connectivity index (χ2v) is 4.84. The topological polar surface area (TPSA) is 42.2 Å². The molecule has 1 aliphatic heterocycles.